The van der Waals surface area contributed by atoms with Gasteiger partial charge in [0.2, 0.25) is 0 Å². The van der Waals surface area contributed by atoms with Crippen molar-refractivity contribution in [2.24, 2.45) is 5.92 Å². The average molecular weight is 347 g/mol. The summed E-state index contributed by atoms with van der Waals surface area (Å²) in [6, 6.07) is 0.442. The van der Waals surface area contributed by atoms with Gasteiger partial charge in [0.15, 0.2) is 0 Å². The average Bonchev–Trinajstić information content (AvgIpc) is 3.08. The van der Waals surface area contributed by atoms with E-state index in [1.165, 1.54) is 11.3 Å². The number of likely N-dealkylation sites (N-methyl/N-ethyl adjacent to an activating group) is 1. The van der Waals surface area contributed by atoms with E-state index in [0.717, 1.165) is 51.7 Å². The third-order valence-electron chi connectivity index (χ3n) is 5.16. The van der Waals surface area contributed by atoms with Crippen LogP contribution in [0.4, 0.5) is 0 Å². The van der Waals surface area contributed by atoms with E-state index >= 15 is 0 Å². The molecular formula is C18H26N4OS. The number of aromatic nitrogens is 2. The summed E-state index contributed by atoms with van der Waals surface area (Å²) in [5.41, 5.74) is 1.99. The Hall–Kier alpha value is -1.53. The second-order valence-corrected chi connectivity index (χ2v) is 8.00. The molecule has 1 amide bonds. The molecular weight excluding hydrogens is 320 g/mol. The van der Waals surface area contributed by atoms with Gasteiger partial charge in [0, 0.05) is 30.2 Å². The fourth-order valence-electron chi connectivity index (χ4n) is 3.83. The zero-order chi connectivity index (χ0) is 17.6. The summed E-state index contributed by atoms with van der Waals surface area (Å²) in [6.45, 7) is 9.78. The molecule has 3 heterocycles. The van der Waals surface area contributed by atoms with Crippen molar-refractivity contribution in [1.29, 1.82) is 0 Å². The number of fused-ring (bicyclic) bond motifs is 1. The van der Waals surface area contributed by atoms with Crippen LogP contribution in [-0.2, 0) is 0 Å². The maximum Gasteiger partial charge on any atom is 0.264 e. The third-order valence-corrected chi connectivity index (χ3v) is 6.33. The number of amides is 1. The fraction of sp³-hybridized carbons (Fsp3) is 0.611. The Morgan fingerprint density at radius 3 is 2.54 bits per heavy atom. The minimum atomic E-state index is 0.148. The molecule has 0 saturated carbocycles. The fourth-order valence-corrected chi connectivity index (χ4v) is 5.07. The first-order valence-electron chi connectivity index (χ1n) is 8.53. The Bertz CT molecular complexity index is 783. The lowest BCUT2D eigenvalue weighted by molar-refractivity contribution is 0.0785. The second kappa shape index (κ2) is 6.41. The highest BCUT2D eigenvalue weighted by Gasteiger charge is 2.36. The molecule has 1 aliphatic rings. The predicted molar refractivity (Wildman–Crippen MR) is 98.8 cm³/mol. The van der Waals surface area contributed by atoms with Gasteiger partial charge in [-0.2, -0.15) is 0 Å². The van der Waals surface area contributed by atoms with Crippen molar-refractivity contribution in [3.05, 3.63) is 22.0 Å². The molecule has 2 aromatic heterocycles. The molecule has 0 aliphatic carbocycles. The molecule has 1 fully saturated rings. The van der Waals surface area contributed by atoms with Crippen molar-refractivity contribution in [3.8, 4) is 0 Å². The third kappa shape index (κ3) is 2.82. The number of rotatable bonds is 3. The SMILES string of the molecule is CC[C@H]1CN(C(=O)c2sc3nc(C)nc(C)c3c2C)C[C@@H]1N(C)C. The Balaban J connectivity index is 1.95. The normalized spacial score (nSPS) is 21.2. The van der Waals surface area contributed by atoms with E-state index in [-0.39, 0.29) is 5.91 Å². The Morgan fingerprint density at radius 1 is 1.25 bits per heavy atom. The molecule has 1 aliphatic heterocycles. The molecule has 0 unspecified atom stereocenters. The van der Waals surface area contributed by atoms with Crippen LogP contribution < -0.4 is 0 Å². The Labute approximate surface area is 147 Å². The van der Waals surface area contributed by atoms with Gasteiger partial charge >= 0.3 is 0 Å². The molecule has 2 aromatic rings. The van der Waals surface area contributed by atoms with Gasteiger partial charge in [0.05, 0.1) is 4.88 Å². The first kappa shape index (κ1) is 17.3. The minimum Gasteiger partial charge on any atom is -0.336 e. The number of likely N-dealkylation sites (tertiary alicyclic amines) is 1. The van der Waals surface area contributed by atoms with Crippen LogP contribution in [0, 0.1) is 26.7 Å². The maximum atomic E-state index is 13.1. The van der Waals surface area contributed by atoms with Crippen LogP contribution in [-0.4, -0.2) is 58.9 Å². The summed E-state index contributed by atoms with van der Waals surface area (Å²) in [5, 5.41) is 1.05. The summed E-state index contributed by atoms with van der Waals surface area (Å²) < 4.78 is 0. The summed E-state index contributed by atoms with van der Waals surface area (Å²) in [7, 11) is 4.21. The topological polar surface area (TPSA) is 49.3 Å². The number of thiophene rings is 1. The molecule has 3 rings (SSSR count). The number of hydrogen-bond donors (Lipinski definition) is 0. The monoisotopic (exact) mass is 346 g/mol. The Morgan fingerprint density at radius 2 is 1.96 bits per heavy atom. The van der Waals surface area contributed by atoms with E-state index in [0.29, 0.717) is 12.0 Å². The summed E-state index contributed by atoms with van der Waals surface area (Å²) in [5.74, 6) is 1.46. The number of nitrogens with zero attached hydrogens (tertiary/aromatic N) is 4. The van der Waals surface area contributed by atoms with Crippen molar-refractivity contribution in [2.75, 3.05) is 27.2 Å². The zero-order valence-electron chi connectivity index (χ0n) is 15.4. The highest BCUT2D eigenvalue weighted by atomic mass is 32.1. The molecule has 0 bridgehead atoms. The molecule has 5 nitrogen and oxygen atoms in total. The standard InChI is InChI=1S/C18H26N4OS/c1-7-13-8-22(9-14(13)21(5)6)18(23)16-10(2)15-11(3)19-12(4)20-17(15)24-16/h13-14H,7-9H2,1-6H3/t13-,14-/m0/s1. The van der Waals surface area contributed by atoms with Crippen LogP contribution >= 0.6 is 11.3 Å². The first-order valence-corrected chi connectivity index (χ1v) is 9.35. The molecule has 0 aromatic carbocycles. The van der Waals surface area contributed by atoms with Gasteiger partial charge in [-0.3, -0.25) is 4.79 Å². The van der Waals surface area contributed by atoms with E-state index in [1.807, 2.05) is 25.7 Å². The van der Waals surface area contributed by atoms with Crippen LogP contribution in [0.3, 0.4) is 0 Å². The van der Waals surface area contributed by atoms with Gasteiger partial charge in [-0.05, 0) is 46.3 Å². The van der Waals surface area contributed by atoms with Gasteiger partial charge in [-0.1, -0.05) is 13.3 Å². The molecule has 1 saturated heterocycles. The van der Waals surface area contributed by atoms with E-state index in [2.05, 4.69) is 35.9 Å². The van der Waals surface area contributed by atoms with Gasteiger partial charge in [0.1, 0.15) is 10.7 Å². The largest absolute Gasteiger partial charge is 0.336 e. The van der Waals surface area contributed by atoms with Gasteiger partial charge in [-0.25, -0.2) is 9.97 Å². The van der Waals surface area contributed by atoms with Crippen LogP contribution in [0.25, 0.3) is 10.2 Å². The minimum absolute atomic E-state index is 0.148. The highest BCUT2D eigenvalue weighted by molar-refractivity contribution is 7.20. The van der Waals surface area contributed by atoms with Crippen molar-refractivity contribution in [1.82, 2.24) is 19.8 Å². The quantitative estimate of drug-likeness (QED) is 0.857. The van der Waals surface area contributed by atoms with Crippen LogP contribution in [0.2, 0.25) is 0 Å². The summed E-state index contributed by atoms with van der Waals surface area (Å²) in [4.78, 5) is 28.1. The Kier molecular flexibility index (Phi) is 4.62. The van der Waals surface area contributed by atoms with Crippen LogP contribution in [0.5, 0.6) is 0 Å². The van der Waals surface area contributed by atoms with Gasteiger partial charge < -0.3 is 9.80 Å². The van der Waals surface area contributed by atoms with E-state index in [4.69, 9.17) is 0 Å². The van der Waals surface area contributed by atoms with Crippen LogP contribution in [0.1, 0.15) is 40.1 Å². The molecule has 0 N–H and O–H groups in total. The van der Waals surface area contributed by atoms with E-state index in [9.17, 15) is 4.79 Å². The predicted octanol–water partition coefficient (Wildman–Crippen LogP) is 3.03. The van der Waals surface area contributed by atoms with Gasteiger partial charge in [-0.15, -0.1) is 11.3 Å². The van der Waals surface area contributed by atoms with Crippen molar-refractivity contribution >= 4 is 27.5 Å². The molecule has 130 valence electrons. The molecule has 6 heteroatoms. The van der Waals surface area contributed by atoms with Crippen molar-refractivity contribution < 1.29 is 4.79 Å². The lowest BCUT2D eigenvalue weighted by atomic mass is 10.0. The molecule has 0 radical (unpaired) electrons. The lowest BCUT2D eigenvalue weighted by Crippen LogP contribution is -2.36. The zero-order valence-corrected chi connectivity index (χ0v) is 16.2. The number of carbonyl (C=O) groups excluding carboxylic acids is 1. The second-order valence-electron chi connectivity index (χ2n) is 7.00. The number of hydrogen-bond acceptors (Lipinski definition) is 5. The molecule has 24 heavy (non-hydrogen) atoms. The molecule has 0 spiro atoms. The van der Waals surface area contributed by atoms with Crippen molar-refractivity contribution in [2.45, 2.75) is 40.2 Å². The molecule has 2 atom stereocenters. The number of carbonyl (C=O) groups is 1. The lowest BCUT2D eigenvalue weighted by Gasteiger charge is -2.23. The highest BCUT2D eigenvalue weighted by Crippen LogP contribution is 2.33. The van der Waals surface area contributed by atoms with Gasteiger partial charge in [0.25, 0.3) is 5.91 Å². The smallest absolute Gasteiger partial charge is 0.264 e. The summed E-state index contributed by atoms with van der Waals surface area (Å²) >= 11 is 1.51. The maximum absolute atomic E-state index is 13.1. The van der Waals surface area contributed by atoms with Crippen LogP contribution in [0.15, 0.2) is 0 Å². The van der Waals surface area contributed by atoms with Crippen molar-refractivity contribution in [3.63, 3.8) is 0 Å². The first-order chi connectivity index (χ1) is 11.3. The number of aryl methyl sites for hydroxylation is 3. The summed E-state index contributed by atoms with van der Waals surface area (Å²) in [6.07, 6.45) is 1.10. The van der Waals surface area contributed by atoms with E-state index in [1.54, 1.807) is 0 Å². The van der Waals surface area contributed by atoms with E-state index < -0.39 is 0 Å².